The minimum Gasteiger partial charge on any atom is -0.492 e. The Morgan fingerprint density at radius 2 is 1.97 bits per heavy atom. The molecule has 1 aliphatic heterocycles. The number of pyridine rings is 1. The zero-order chi connectivity index (χ0) is 23.8. The second-order valence-electron chi connectivity index (χ2n) is 8.95. The molecule has 2 aromatic carbocycles. The van der Waals surface area contributed by atoms with Gasteiger partial charge in [-0.3, -0.25) is 4.79 Å². The van der Waals surface area contributed by atoms with E-state index in [1.807, 2.05) is 31.2 Å². The van der Waals surface area contributed by atoms with E-state index in [-0.39, 0.29) is 18.0 Å². The van der Waals surface area contributed by atoms with E-state index in [0.29, 0.717) is 18.9 Å². The predicted molar refractivity (Wildman–Crippen MR) is 129 cm³/mol. The Morgan fingerprint density at radius 3 is 2.74 bits per heavy atom. The van der Waals surface area contributed by atoms with Crippen LogP contribution in [0.4, 0.5) is 0 Å². The number of methoxy groups -OCH3 is 2. The lowest BCUT2D eigenvalue weighted by atomic mass is 9.93. The minimum absolute atomic E-state index is 0.0212. The van der Waals surface area contributed by atoms with Gasteiger partial charge in [-0.1, -0.05) is 24.3 Å². The second-order valence-corrected chi connectivity index (χ2v) is 8.95. The first kappa shape index (κ1) is 22.3. The molecular weight excluding hydrogens is 430 g/mol. The molecule has 1 aliphatic carbocycles. The summed E-state index contributed by atoms with van der Waals surface area (Å²) in [6, 6.07) is 14.3. The van der Waals surface area contributed by atoms with Crippen LogP contribution in [0.5, 0.6) is 17.4 Å². The van der Waals surface area contributed by atoms with E-state index >= 15 is 0 Å². The summed E-state index contributed by atoms with van der Waals surface area (Å²) in [6.07, 6.45) is 2.16. The number of fused-ring (bicyclic) bond motifs is 2. The zero-order valence-corrected chi connectivity index (χ0v) is 20.0. The summed E-state index contributed by atoms with van der Waals surface area (Å²) in [5, 5.41) is 0. The van der Waals surface area contributed by atoms with Gasteiger partial charge >= 0.3 is 5.97 Å². The Balaban J connectivity index is 1.40. The number of carbonyl (C=O) groups excluding carboxylic acids is 1. The van der Waals surface area contributed by atoms with Crippen molar-refractivity contribution in [3.63, 3.8) is 0 Å². The van der Waals surface area contributed by atoms with Crippen LogP contribution in [0.15, 0.2) is 42.5 Å². The molecule has 6 nitrogen and oxygen atoms in total. The van der Waals surface area contributed by atoms with Gasteiger partial charge in [0.15, 0.2) is 0 Å². The number of esters is 1. The highest BCUT2D eigenvalue weighted by molar-refractivity contribution is 5.75. The van der Waals surface area contributed by atoms with Crippen LogP contribution in [-0.4, -0.2) is 31.8 Å². The lowest BCUT2D eigenvalue weighted by Crippen LogP contribution is -2.09. The number of rotatable bonds is 6. The summed E-state index contributed by atoms with van der Waals surface area (Å²) in [6.45, 7) is 4.62. The lowest BCUT2D eigenvalue weighted by molar-refractivity contribution is -0.141. The molecule has 5 rings (SSSR count). The summed E-state index contributed by atoms with van der Waals surface area (Å²) < 4.78 is 22.4. The average Bonchev–Trinajstić information content (AvgIpc) is 3.43. The Bertz CT molecular complexity index is 1230. The topological polar surface area (TPSA) is 66.9 Å². The van der Waals surface area contributed by atoms with E-state index in [0.717, 1.165) is 41.2 Å². The lowest BCUT2D eigenvalue weighted by Gasteiger charge is -2.18. The third-order valence-corrected chi connectivity index (χ3v) is 6.85. The van der Waals surface area contributed by atoms with Gasteiger partial charge in [-0.05, 0) is 55.0 Å². The molecule has 0 amide bonds. The van der Waals surface area contributed by atoms with Crippen LogP contribution in [0.2, 0.25) is 0 Å². The number of aromatic nitrogens is 1. The summed E-state index contributed by atoms with van der Waals surface area (Å²) >= 11 is 0. The maximum Gasteiger partial charge on any atom is 0.306 e. The van der Waals surface area contributed by atoms with Crippen molar-refractivity contribution >= 4 is 5.97 Å². The van der Waals surface area contributed by atoms with Crippen LogP contribution in [0, 0.1) is 13.8 Å². The predicted octanol–water partition coefficient (Wildman–Crippen LogP) is 5.48. The molecule has 2 aliphatic rings. The number of nitrogens with zero attached hydrogens (tertiary/aromatic N) is 1. The maximum absolute atomic E-state index is 11.7. The minimum atomic E-state index is -0.224. The number of hydrogen-bond acceptors (Lipinski definition) is 6. The Morgan fingerprint density at radius 1 is 1.12 bits per heavy atom. The fourth-order valence-corrected chi connectivity index (χ4v) is 5.23. The van der Waals surface area contributed by atoms with Crippen molar-refractivity contribution < 1.29 is 23.7 Å². The molecule has 1 unspecified atom stereocenters. The monoisotopic (exact) mass is 459 g/mol. The molecule has 0 spiro atoms. The van der Waals surface area contributed by atoms with Crippen molar-refractivity contribution in [1.82, 2.24) is 4.98 Å². The standard InChI is InChI=1S/C28H29NO5/c1-16-12-26(31-3)29-17(2)28(16)23-7-5-6-22-21(23)10-11-24(22)34-19-8-9-20-18(13-27(30)32-4)15-33-25(20)14-19/h5-9,12,14,18,24H,10-11,13,15H2,1-4H3/t18?,24-/m1/s1. The fraction of sp³-hybridized carbons (Fsp3) is 0.357. The molecule has 1 aromatic heterocycles. The van der Waals surface area contributed by atoms with Gasteiger partial charge in [0.25, 0.3) is 0 Å². The van der Waals surface area contributed by atoms with E-state index in [1.54, 1.807) is 7.11 Å². The number of benzene rings is 2. The molecule has 34 heavy (non-hydrogen) atoms. The highest BCUT2D eigenvalue weighted by atomic mass is 16.5. The van der Waals surface area contributed by atoms with Crippen LogP contribution in [0.25, 0.3) is 11.1 Å². The maximum atomic E-state index is 11.7. The van der Waals surface area contributed by atoms with Gasteiger partial charge in [-0.25, -0.2) is 4.98 Å². The number of aryl methyl sites for hydroxylation is 2. The van der Waals surface area contributed by atoms with Crippen molar-refractivity contribution in [2.75, 3.05) is 20.8 Å². The van der Waals surface area contributed by atoms with Gasteiger partial charge in [0, 0.05) is 34.9 Å². The van der Waals surface area contributed by atoms with Crippen molar-refractivity contribution in [3.05, 3.63) is 70.4 Å². The molecule has 6 heteroatoms. The van der Waals surface area contributed by atoms with Gasteiger partial charge in [-0.2, -0.15) is 0 Å². The highest BCUT2D eigenvalue weighted by Gasteiger charge is 2.30. The van der Waals surface area contributed by atoms with Gasteiger partial charge in [0.2, 0.25) is 5.88 Å². The Kier molecular flexibility index (Phi) is 5.90. The van der Waals surface area contributed by atoms with E-state index in [1.165, 1.54) is 29.4 Å². The quantitative estimate of drug-likeness (QED) is 0.455. The second kappa shape index (κ2) is 9.01. The first-order valence-electron chi connectivity index (χ1n) is 11.6. The fourth-order valence-electron chi connectivity index (χ4n) is 5.23. The molecule has 0 radical (unpaired) electrons. The normalized spacial score (nSPS) is 18.1. The van der Waals surface area contributed by atoms with Crippen LogP contribution >= 0.6 is 0 Å². The summed E-state index contributed by atoms with van der Waals surface area (Å²) in [5.74, 6) is 2.00. The van der Waals surface area contributed by atoms with E-state index in [2.05, 4.69) is 30.1 Å². The number of ether oxygens (including phenoxy) is 4. The molecule has 2 atom stereocenters. The zero-order valence-electron chi connectivity index (χ0n) is 20.0. The molecule has 3 aromatic rings. The third-order valence-electron chi connectivity index (χ3n) is 6.85. The summed E-state index contributed by atoms with van der Waals surface area (Å²) in [4.78, 5) is 16.3. The SMILES string of the molecule is COC(=O)CC1COc2cc(O[C@@H]3CCc4c(-c5c(C)cc(OC)nc5C)cccc43)ccc21. The van der Waals surface area contributed by atoms with Crippen LogP contribution in [-0.2, 0) is 16.0 Å². The first-order valence-corrected chi connectivity index (χ1v) is 11.6. The van der Waals surface area contributed by atoms with Gasteiger partial charge in [0.1, 0.15) is 17.6 Å². The smallest absolute Gasteiger partial charge is 0.306 e. The van der Waals surface area contributed by atoms with Crippen LogP contribution < -0.4 is 14.2 Å². The number of hydrogen-bond donors (Lipinski definition) is 0. The molecule has 0 saturated carbocycles. The molecule has 2 heterocycles. The molecule has 0 fully saturated rings. The third kappa shape index (κ3) is 3.98. The van der Waals surface area contributed by atoms with E-state index in [4.69, 9.17) is 18.9 Å². The van der Waals surface area contributed by atoms with E-state index in [9.17, 15) is 4.79 Å². The molecule has 0 saturated heterocycles. The first-order chi connectivity index (χ1) is 16.5. The van der Waals surface area contributed by atoms with Crippen molar-refractivity contribution in [3.8, 4) is 28.5 Å². The average molecular weight is 460 g/mol. The van der Waals surface area contributed by atoms with E-state index < -0.39 is 0 Å². The van der Waals surface area contributed by atoms with Crippen LogP contribution in [0.1, 0.15) is 52.8 Å². The largest absolute Gasteiger partial charge is 0.492 e. The molecule has 0 bridgehead atoms. The number of carbonyl (C=O) groups is 1. The van der Waals surface area contributed by atoms with Crippen LogP contribution in [0.3, 0.4) is 0 Å². The highest BCUT2D eigenvalue weighted by Crippen LogP contribution is 2.44. The molecule has 0 N–H and O–H groups in total. The van der Waals surface area contributed by atoms with Gasteiger partial charge < -0.3 is 18.9 Å². The van der Waals surface area contributed by atoms with Crippen molar-refractivity contribution in [2.24, 2.45) is 0 Å². The Labute approximate surface area is 199 Å². The molecule has 176 valence electrons. The summed E-state index contributed by atoms with van der Waals surface area (Å²) in [5.41, 5.74) is 8.08. The molecular formula is C28H29NO5. The van der Waals surface area contributed by atoms with Gasteiger partial charge in [0.05, 0.1) is 27.2 Å². The summed E-state index contributed by atoms with van der Waals surface area (Å²) in [7, 11) is 3.06. The Hall–Kier alpha value is -3.54. The van der Waals surface area contributed by atoms with Crippen molar-refractivity contribution in [1.29, 1.82) is 0 Å². The van der Waals surface area contributed by atoms with Crippen molar-refractivity contribution in [2.45, 2.75) is 45.1 Å². The van der Waals surface area contributed by atoms with Gasteiger partial charge in [-0.15, -0.1) is 0 Å².